The van der Waals surface area contributed by atoms with Crippen molar-refractivity contribution in [1.82, 2.24) is 19.7 Å². The molecule has 4 aromatic rings. The zero-order valence-corrected chi connectivity index (χ0v) is 16.9. The highest BCUT2D eigenvalue weighted by atomic mass is 32.2. The Hall–Kier alpha value is -3.46. The van der Waals surface area contributed by atoms with E-state index in [-0.39, 0.29) is 18.1 Å². The van der Waals surface area contributed by atoms with E-state index in [2.05, 4.69) is 20.5 Å². The molecule has 0 atom stereocenters. The highest BCUT2D eigenvalue weighted by molar-refractivity contribution is 7.99. The number of aromatic nitrogens is 4. The van der Waals surface area contributed by atoms with Crippen molar-refractivity contribution in [2.75, 3.05) is 5.32 Å². The molecule has 0 saturated heterocycles. The molecule has 152 valence electrons. The summed E-state index contributed by atoms with van der Waals surface area (Å²) < 4.78 is 21.2. The fraction of sp³-hybridized carbons (Fsp3) is 0.143. The van der Waals surface area contributed by atoms with Gasteiger partial charge >= 0.3 is 0 Å². The number of hydrogen-bond donors (Lipinski definition) is 1. The summed E-state index contributed by atoms with van der Waals surface area (Å²) in [5.41, 5.74) is 1.04. The number of carbonyl (C=O) groups excluding carboxylic acids is 1. The first kappa shape index (κ1) is 19.8. The molecule has 7 nitrogen and oxygen atoms in total. The van der Waals surface area contributed by atoms with E-state index in [0.717, 1.165) is 10.1 Å². The van der Waals surface area contributed by atoms with Gasteiger partial charge in [-0.05, 0) is 48.2 Å². The van der Waals surface area contributed by atoms with Crippen LogP contribution in [0.1, 0.15) is 12.3 Å². The van der Waals surface area contributed by atoms with E-state index >= 15 is 0 Å². The van der Waals surface area contributed by atoms with E-state index in [1.54, 1.807) is 24.5 Å². The van der Waals surface area contributed by atoms with E-state index in [0.29, 0.717) is 29.3 Å². The smallest absolute Gasteiger partial charge is 0.224 e. The lowest BCUT2D eigenvalue weighted by atomic mass is 10.2. The molecule has 0 saturated carbocycles. The zero-order valence-electron chi connectivity index (χ0n) is 16.1. The van der Waals surface area contributed by atoms with Crippen molar-refractivity contribution in [1.29, 1.82) is 0 Å². The highest BCUT2D eigenvalue weighted by Crippen LogP contribution is 2.26. The van der Waals surface area contributed by atoms with Crippen LogP contribution in [-0.4, -0.2) is 25.7 Å². The summed E-state index contributed by atoms with van der Waals surface area (Å²) in [6.07, 6.45) is 3.64. The third kappa shape index (κ3) is 4.74. The number of halogens is 1. The lowest BCUT2D eigenvalue weighted by Gasteiger charge is -2.06. The molecule has 2 aromatic carbocycles. The van der Waals surface area contributed by atoms with Gasteiger partial charge in [-0.15, -0.1) is 10.2 Å². The molecule has 0 radical (unpaired) electrons. The zero-order chi connectivity index (χ0) is 20.9. The van der Waals surface area contributed by atoms with Gasteiger partial charge in [0.2, 0.25) is 5.91 Å². The van der Waals surface area contributed by atoms with Crippen molar-refractivity contribution in [2.24, 2.45) is 7.05 Å². The fourth-order valence-electron chi connectivity index (χ4n) is 2.73. The van der Waals surface area contributed by atoms with Crippen molar-refractivity contribution < 1.29 is 13.6 Å². The minimum absolute atomic E-state index is 0.158. The van der Waals surface area contributed by atoms with Gasteiger partial charge in [-0.1, -0.05) is 12.1 Å². The van der Waals surface area contributed by atoms with Crippen molar-refractivity contribution in [3.8, 4) is 11.3 Å². The van der Waals surface area contributed by atoms with E-state index in [4.69, 9.17) is 4.42 Å². The quantitative estimate of drug-likeness (QED) is 0.476. The second-order valence-electron chi connectivity index (χ2n) is 6.50. The van der Waals surface area contributed by atoms with Crippen LogP contribution in [0.5, 0.6) is 0 Å². The number of aryl methyl sites for hydroxylation is 2. The van der Waals surface area contributed by atoms with Gasteiger partial charge in [0.25, 0.3) is 0 Å². The number of oxazole rings is 1. The molecule has 0 aliphatic rings. The van der Waals surface area contributed by atoms with Crippen molar-refractivity contribution >= 4 is 23.4 Å². The van der Waals surface area contributed by atoms with Crippen molar-refractivity contribution in [3.05, 3.63) is 72.8 Å². The van der Waals surface area contributed by atoms with Gasteiger partial charge in [0.15, 0.2) is 16.8 Å². The molecule has 0 fully saturated rings. The Kier molecular flexibility index (Phi) is 5.89. The summed E-state index contributed by atoms with van der Waals surface area (Å²) in [7, 11) is 1.88. The van der Waals surface area contributed by atoms with E-state index in [9.17, 15) is 9.18 Å². The Morgan fingerprint density at radius 1 is 1.20 bits per heavy atom. The van der Waals surface area contributed by atoms with Crippen LogP contribution in [0.25, 0.3) is 11.3 Å². The molecule has 30 heavy (non-hydrogen) atoms. The molecule has 1 amide bonds. The lowest BCUT2D eigenvalue weighted by Crippen LogP contribution is -2.12. The molecule has 2 aromatic heterocycles. The predicted octanol–water partition coefficient (Wildman–Crippen LogP) is 4.33. The molecule has 9 heteroatoms. The number of amides is 1. The Bertz CT molecular complexity index is 1160. The number of carbonyl (C=O) groups is 1. The second-order valence-corrected chi connectivity index (χ2v) is 7.54. The molecule has 0 bridgehead atoms. The van der Waals surface area contributed by atoms with Crippen LogP contribution in [0, 0.1) is 5.82 Å². The number of hydrogen-bond acceptors (Lipinski definition) is 6. The monoisotopic (exact) mass is 423 g/mol. The minimum Gasteiger partial charge on any atom is -0.441 e. The average molecular weight is 423 g/mol. The van der Waals surface area contributed by atoms with E-state index in [1.165, 1.54) is 24.0 Å². The first-order chi connectivity index (χ1) is 14.6. The number of benzene rings is 2. The third-order valence-electron chi connectivity index (χ3n) is 4.28. The topological polar surface area (TPSA) is 85.8 Å². The van der Waals surface area contributed by atoms with Crippen LogP contribution < -0.4 is 5.32 Å². The fourth-order valence-corrected chi connectivity index (χ4v) is 3.49. The second kappa shape index (κ2) is 8.91. The standard InChI is InChI=1S/C21H18FN5O2S/c1-27-13-24-26-21(27)30-15-8-6-14(7-9-15)25-19(28)10-11-20-23-12-18(29-20)16-4-2-3-5-17(16)22/h2-9,12-13H,10-11H2,1H3,(H,25,28). The van der Waals surface area contributed by atoms with Gasteiger partial charge in [-0.25, -0.2) is 9.37 Å². The number of rotatable bonds is 7. The summed E-state index contributed by atoms with van der Waals surface area (Å²) in [6, 6.07) is 13.8. The van der Waals surface area contributed by atoms with Crippen LogP contribution in [-0.2, 0) is 18.3 Å². The Morgan fingerprint density at radius 2 is 2.00 bits per heavy atom. The van der Waals surface area contributed by atoms with Crippen LogP contribution in [0.15, 0.2) is 75.5 Å². The molecule has 2 heterocycles. The van der Waals surface area contributed by atoms with Crippen LogP contribution in [0.3, 0.4) is 0 Å². The molecule has 4 rings (SSSR count). The molecule has 0 unspecified atom stereocenters. The number of nitrogens with one attached hydrogen (secondary N) is 1. The van der Waals surface area contributed by atoms with Crippen molar-refractivity contribution in [2.45, 2.75) is 22.9 Å². The van der Waals surface area contributed by atoms with Gasteiger partial charge in [0, 0.05) is 30.5 Å². The maximum Gasteiger partial charge on any atom is 0.224 e. The Morgan fingerprint density at radius 3 is 2.73 bits per heavy atom. The van der Waals surface area contributed by atoms with Gasteiger partial charge in [0.05, 0.1) is 11.8 Å². The van der Waals surface area contributed by atoms with Gasteiger partial charge in [-0.3, -0.25) is 4.79 Å². The van der Waals surface area contributed by atoms with Crippen LogP contribution in [0.2, 0.25) is 0 Å². The lowest BCUT2D eigenvalue weighted by molar-refractivity contribution is -0.116. The number of nitrogens with zero attached hydrogens (tertiary/aromatic N) is 4. The van der Waals surface area contributed by atoms with E-state index < -0.39 is 0 Å². The number of anilines is 1. The summed E-state index contributed by atoms with van der Waals surface area (Å²) in [5, 5.41) is 11.5. The largest absolute Gasteiger partial charge is 0.441 e. The summed E-state index contributed by atoms with van der Waals surface area (Å²) >= 11 is 1.49. The molecular weight excluding hydrogens is 405 g/mol. The molecule has 0 spiro atoms. The third-order valence-corrected chi connectivity index (χ3v) is 5.34. The van der Waals surface area contributed by atoms with Gasteiger partial charge in [-0.2, -0.15) is 0 Å². The Balaban J connectivity index is 1.30. The van der Waals surface area contributed by atoms with Gasteiger partial charge < -0.3 is 14.3 Å². The SMILES string of the molecule is Cn1cnnc1Sc1ccc(NC(=O)CCc2ncc(-c3ccccc3F)o2)cc1. The highest BCUT2D eigenvalue weighted by Gasteiger charge is 2.12. The summed E-state index contributed by atoms with van der Waals surface area (Å²) in [4.78, 5) is 17.4. The van der Waals surface area contributed by atoms with Gasteiger partial charge in [0.1, 0.15) is 12.1 Å². The maximum absolute atomic E-state index is 13.8. The van der Waals surface area contributed by atoms with Crippen LogP contribution >= 0.6 is 11.8 Å². The molecular formula is C21H18FN5O2S. The van der Waals surface area contributed by atoms with Crippen molar-refractivity contribution in [3.63, 3.8) is 0 Å². The summed E-state index contributed by atoms with van der Waals surface area (Å²) in [6.45, 7) is 0. The predicted molar refractivity (Wildman–Crippen MR) is 110 cm³/mol. The maximum atomic E-state index is 13.8. The normalized spacial score (nSPS) is 10.9. The Labute approximate surface area is 176 Å². The molecule has 0 aliphatic carbocycles. The minimum atomic E-state index is -0.376. The van der Waals surface area contributed by atoms with Crippen LogP contribution in [0.4, 0.5) is 10.1 Å². The molecule has 0 aliphatic heterocycles. The average Bonchev–Trinajstić information content (AvgIpc) is 3.38. The summed E-state index contributed by atoms with van der Waals surface area (Å²) in [5.74, 6) is 0.200. The first-order valence-electron chi connectivity index (χ1n) is 9.20. The molecule has 1 N–H and O–H groups in total. The first-order valence-corrected chi connectivity index (χ1v) is 10.0. The van der Waals surface area contributed by atoms with E-state index in [1.807, 2.05) is 35.9 Å².